The largest absolute Gasteiger partial charge is 0.497 e. The Labute approximate surface area is 87.7 Å². The van der Waals surface area contributed by atoms with Crippen LogP contribution in [0, 0.1) is 0 Å². The van der Waals surface area contributed by atoms with E-state index in [-0.39, 0.29) is 0 Å². The van der Waals surface area contributed by atoms with Crippen LogP contribution in [0.3, 0.4) is 0 Å². The van der Waals surface area contributed by atoms with Gasteiger partial charge in [0.05, 0.1) is 13.2 Å². The van der Waals surface area contributed by atoms with Crippen molar-refractivity contribution in [1.29, 1.82) is 0 Å². The zero-order valence-corrected chi connectivity index (χ0v) is 8.40. The average molecular weight is 202 g/mol. The Kier molecular flexibility index (Phi) is 2.49. The summed E-state index contributed by atoms with van der Waals surface area (Å²) in [5, 5.41) is 0. The second-order valence-corrected chi connectivity index (χ2v) is 3.12. The summed E-state index contributed by atoms with van der Waals surface area (Å²) in [4.78, 5) is 7.00. The van der Waals surface area contributed by atoms with Gasteiger partial charge in [-0.25, -0.2) is 0 Å². The summed E-state index contributed by atoms with van der Waals surface area (Å²) in [7, 11) is 1.64. The predicted molar refractivity (Wildman–Crippen MR) is 57.2 cm³/mol. The first kappa shape index (κ1) is 9.45. The number of aromatic amines is 1. The van der Waals surface area contributed by atoms with Crippen LogP contribution in [0.5, 0.6) is 5.75 Å². The Morgan fingerprint density at radius 2 is 2.20 bits per heavy atom. The van der Waals surface area contributed by atoms with Crippen molar-refractivity contribution >= 4 is 5.82 Å². The zero-order valence-electron chi connectivity index (χ0n) is 8.40. The van der Waals surface area contributed by atoms with Gasteiger partial charge in [-0.05, 0) is 12.1 Å². The van der Waals surface area contributed by atoms with Crippen molar-refractivity contribution in [1.82, 2.24) is 4.98 Å². The Morgan fingerprint density at radius 1 is 1.33 bits per heavy atom. The van der Waals surface area contributed by atoms with Gasteiger partial charge >= 0.3 is 0 Å². The summed E-state index contributed by atoms with van der Waals surface area (Å²) in [5.41, 5.74) is 7.45. The first-order valence-corrected chi connectivity index (χ1v) is 4.57. The monoisotopic (exact) mass is 202 g/mol. The van der Waals surface area contributed by atoms with Gasteiger partial charge in [0, 0.05) is 5.56 Å². The van der Waals surface area contributed by atoms with Gasteiger partial charge in [0.2, 0.25) is 12.1 Å². The minimum Gasteiger partial charge on any atom is -0.497 e. The van der Waals surface area contributed by atoms with Crippen molar-refractivity contribution in [2.45, 2.75) is 0 Å². The zero-order chi connectivity index (χ0) is 10.7. The molecule has 0 saturated carbocycles. The van der Waals surface area contributed by atoms with E-state index in [2.05, 4.69) is 9.97 Å². The van der Waals surface area contributed by atoms with E-state index in [9.17, 15) is 0 Å². The second kappa shape index (κ2) is 3.96. The van der Waals surface area contributed by atoms with Crippen LogP contribution in [0.15, 0.2) is 36.7 Å². The Hall–Kier alpha value is -2.10. The Morgan fingerprint density at radius 3 is 2.93 bits per heavy atom. The molecule has 3 N–H and O–H groups in total. The summed E-state index contributed by atoms with van der Waals surface area (Å²) in [6.45, 7) is 0. The second-order valence-electron chi connectivity index (χ2n) is 3.12. The lowest BCUT2D eigenvalue weighted by Crippen LogP contribution is -2.10. The maximum atomic E-state index is 5.64. The molecule has 2 rings (SSSR count). The van der Waals surface area contributed by atoms with E-state index < -0.39 is 0 Å². The van der Waals surface area contributed by atoms with E-state index in [1.54, 1.807) is 19.5 Å². The molecule has 0 fully saturated rings. The smallest absolute Gasteiger partial charge is 0.223 e. The summed E-state index contributed by atoms with van der Waals surface area (Å²) in [6.07, 6.45) is 1.57. The van der Waals surface area contributed by atoms with Crippen molar-refractivity contribution in [3.8, 4) is 17.0 Å². The van der Waals surface area contributed by atoms with E-state index >= 15 is 0 Å². The van der Waals surface area contributed by atoms with Crippen LogP contribution >= 0.6 is 0 Å². The standard InChI is InChI=1S/C11H11N3O/c1-15-9-4-2-3-8(5-9)10-6-11(12)14-7-13-10/h2-7H,1H3,(H2,12,13,14)/p+1. The number of nitrogens with zero attached hydrogens (tertiary/aromatic N) is 1. The van der Waals surface area contributed by atoms with E-state index in [1.165, 1.54) is 0 Å². The maximum absolute atomic E-state index is 5.64. The third-order valence-corrected chi connectivity index (χ3v) is 2.09. The number of nitrogens with one attached hydrogen (secondary N) is 1. The fourth-order valence-electron chi connectivity index (χ4n) is 1.34. The van der Waals surface area contributed by atoms with E-state index in [0.29, 0.717) is 5.82 Å². The number of hydrogen-bond donors (Lipinski definition) is 1. The highest BCUT2D eigenvalue weighted by Crippen LogP contribution is 2.21. The number of hydrogen-bond acceptors (Lipinski definition) is 3. The molecule has 0 aliphatic heterocycles. The van der Waals surface area contributed by atoms with Crippen LogP contribution in [0.4, 0.5) is 5.82 Å². The lowest BCUT2D eigenvalue weighted by molar-refractivity contribution is -0.365. The molecule has 2 aromatic rings. The molecule has 0 unspecified atom stereocenters. The van der Waals surface area contributed by atoms with Crippen molar-refractivity contribution in [3.63, 3.8) is 0 Å². The molecule has 4 nitrogen and oxygen atoms in total. The Balaban J connectivity index is 2.44. The van der Waals surface area contributed by atoms with Gasteiger partial charge in [-0.1, -0.05) is 12.1 Å². The third kappa shape index (κ3) is 2.04. The molecular formula is C11H12N3O+. The van der Waals surface area contributed by atoms with Crippen molar-refractivity contribution in [2.75, 3.05) is 12.8 Å². The summed E-state index contributed by atoms with van der Waals surface area (Å²) >= 11 is 0. The molecule has 0 bridgehead atoms. The van der Waals surface area contributed by atoms with Gasteiger partial charge in [-0.15, -0.1) is 4.98 Å². The number of rotatable bonds is 2. The van der Waals surface area contributed by atoms with E-state index in [1.807, 2.05) is 24.3 Å². The van der Waals surface area contributed by atoms with Crippen molar-refractivity contribution in [3.05, 3.63) is 36.7 Å². The molecule has 15 heavy (non-hydrogen) atoms. The number of ether oxygens (including phenoxy) is 1. The molecule has 0 aliphatic rings. The van der Waals surface area contributed by atoms with Crippen LogP contribution in [0.1, 0.15) is 0 Å². The molecule has 4 heteroatoms. The van der Waals surface area contributed by atoms with E-state index in [0.717, 1.165) is 17.0 Å². The lowest BCUT2D eigenvalue weighted by atomic mass is 10.1. The number of aromatic nitrogens is 2. The summed E-state index contributed by atoms with van der Waals surface area (Å²) < 4.78 is 5.14. The molecule has 0 saturated heterocycles. The number of anilines is 1. The lowest BCUT2D eigenvalue weighted by Gasteiger charge is -2.01. The molecule has 0 amide bonds. The number of nitrogens with two attached hydrogens (primary N) is 1. The Bertz CT molecular complexity index is 471. The molecule has 1 aromatic carbocycles. The van der Waals surface area contributed by atoms with Crippen LogP contribution in [0.25, 0.3) is 11.3 Å². The number of H-pyrrole nitrogens is 1. The van der Waals surface area contributed by atoms with Gasteiger partial charge in [-0.3, -0.25) is 4.98 Å². The summed E-state index contributed by atoms with van der Waals surface area (Å²) in [5.74, 6) is 1.39. The number of methoxy groups -OCH3 is 1. The molecular weight excluding hydrogens is 190 g/mol. The topological polar surface area (TPSA) is 62.3 Å². The SMILES string of the molecule is COc1cccc(-c2cc(N)[nH+]cn2)c1. The van der Waals surface area contributed by atoms with Crippen LogP contribution in [-0.2, 0) is 0 Å². The number of benzene rings is 1. The molecule has 0 aliphatic carbocycles. The molecule has 0 atom stereocenters. The molecule has 0 radical (unpaired) electrons. The van der Waals surface area contributed by atoms with Crippen molar-refractivity contribution < 1.29 is 9.72 Å². The predicted octanol–water partition coefficient (Wildman–Crippen LogP) is 1.15. The molecule has 1 aromatic heterocycles. The fraction of sp³-hybridized carbons (Fsp3) is 0.0909. The third-order valence-electron chi connectivity index (χ3n) is 2.09. The molecule has 0 spiro atoms. The minimum atomic E-state index is 0.586. The minimum absolute atomic E-state index is 0.586. The van der Waals surface area contributed by atoms with Crippen molar-refractivity contribution in [2.24, 2.45) is 0 Å². The normalized spacial score (nSPS) is 9.93. The highest BCUT2D eigenvalue weighted by atomic mass is 16.5. The van der Waals surface area contributed by atoms with Gasteiger partial charge in [-0.2, -0.15) is 0 Å². The quantitative estimate of drug-likeness (QED) is 0.794. The highest BCUT2D eigenvalue weighted by molar-refractivity contribution is 5.62. The van der Waals surface area contributed by atoms with Crippen LogP contribution in [0.2, 0.25) is 0 Å². The van der Waals surface area contributed by atoms with E-state index in [4.69, 9.17) is 10.5 Å². The first-order chi connectivity index (χ1) is 7.29. The molecule has 76 valence electrons. The number of nitrogen functional groups attached to an aromatic ring is 1. The average Bonchev–Trinajstić information content (AvgIpc) is 2.29. The molecule has 1 heterocycles. The van der Waals surface area contributed by atoms with Crippen LogP contribution in [-0.4, -0.2) is 12.1 Å². The van der Waals surface area contributed by atoms with Crippen LogP contribution < -0.4 is 15.5 Å². The highest BCUT2D eigenvalue weighted by Gasteiger charge is 2.05. The van der Waals surface area contributed by atoms with Gasteiger partial charge in [0.1, 0.15) is 5.75 Å². The van der Waals surface area contributed by atoms with Gasteiger partial charge in [0.25, 0.3) is 0 Å². The first-order valence-electron chi connectivity index (χ1n) is 4.57. The maximum Gasteiger partial charge on any atom is 0.223 e. The fourth-order valence-corrected chi connectivity index (χ4v) is 1.34. The van der Waals surface area contributed by atoms with Gasteiger partial charge in [0.15, 0.2) is 5.69 Å². The van der Waals surface area contributed by atoms with Gasteiger partial charge < -0.3 is 10.5 Å². The summed E-state index contributed by atoms with van der Waals surface area (Å²) in [6, 6.07) is 9.48.